The van der Waals surface area contributed by atoms with E-state index in [0.29, 0.717) is 0 Å². The molecule has 1 rings (SSSR count). The Labute approximate surface area is 68.4 Å². The molecular weight excluding hydrogens is 163 g/mol. The first-order valence-electron chi connectivity index (χ1n) is 3.27. The zero-order valence-corrected chi connectivity index (χ0v) is 6.37. The smallest absolute Gasteiger partial charge is 0.308 e. The van der Waals surface area contributed by atoms with Crippen LogP contribution >= 0.6 is 0 Å². The van der Waals surface area contributed by atoms with E-state index in [1.165, 1.54) is 12.1 Å². The van der Waals surface area contributed by atoms with Crippen LogP contribution < -0.4 is 4.74 Å². The number of esters is 1. The number of halogens is 1. The molecule has 0 fully saturated rings. The van der Waals surface area contributed by atoms with E-state index in [0.717, 1.165) is 13.0 Å². The van der Waals surface area contributed by atoms with Crippen LogP contribution in [0, 0.1) is 5.82 Å². The molecule has 0 aliphatic heterocycles. The van der Waals surface area contributed by atoms with E-state index < -0.39 is 17.5 Å². The molecule has 0 atom stereocenters. The lowest BCUT2D eigenvalue weighted by atomic mass is 10.3. The monoisotopic (exact) mass is 170 g/mol. The second-order valence-electron chi connectivity index (χ2n) is 2.18. The summed E-state index contributed by atoms with van der Waals surface area (Å²) in [5.74, 6) is -2.24. The minimum atomic E-state index is -0.759. The lowest BCUT2D eigenvalue weighted by molar-refractivity contribution is -0.132. The van der Waals surface area contributed by atoms with Crippen LogP contribution in [0.3, 0.4) is 0 Å². The number of ether oxygens (including phenoxy) is 1. The molecule has 0 bridgehead atoms. The highest BCUT2D eigenvalue weighted by Crippen LogP contribution is 2.28. The lowest BCUT2D eigenvalue weighted by Gasteiger charge is -2.03. The van der Waals surface area contributed by atoms with Gasteiger partial charge in [0.15, 0.2) is 11.6 Å². The fraction of sp³-hybridized carbons (Fsp3) is 0.125. The summed E-state index contributed by atoms with van der Waals surface area (Å²) >= 11 is 0. The molecule has 0 radical (unpaired) electrons. The van der Waals surface area contributed by atoms with Gasteiger partial charge in [-0.15, -0.1) is 0 Å². The van der Waals surface area contributed by atoms with Gasteiger partial charge in [-0.1, -0.05) is 6.07 Å². The number of phenols is 1. The Bertz CT molecular complexity index is 289. The van der Waals surface area contributed by atoms with Crippen LogP contribution in [-0.2, 0) is 4.79 Å². The van der Waals surface area contributed by atoms with Crippen molar-refractivity contribution in [1.29, 1.82) is 0 Å². The number of para-hydroxylation sites is 1. The van der Waals surface area contributed by atoms with E-state index in [1.54, 1.807) is 0 Å². The Morgan fingerprint density at radius 2 is 2.25 bits per heavy atom. The van der Waals surface area contributed by atoms with Gasteiger partial charge in [-0.3, -0.25) is 4.79 Å². The van der Waals surface area contributed by atoms with Crippen LogP contribution in [0.1, 0.15) is 6.92 Å². The Morgan fingerprint density at radius 1 is 1.58 bits per heavy atom. The van der Waals surface area contributed by atoms with Gasteiger partial charge >= 0.3 is 5.97 Å². The van der Waals surface area contributed by atoms with Crippen molar-refractivity contribution in [2.45, 2.75) is 6.92 Å². The summed E-state index contributed by atoms with van der Waals surface area (Å²) in [5, 5.41) is 9.02. The summed E-state index contributed by atoms with van der Waals surface area (Å²) in [4.78, 5) is 10.4. The molecule has 1 N–H and O–H groups in total. The molecule has 1 aromatic rings. The summed E-state index contributed by atoms with van der Waals surface area (Å²) in [6.07, 6.45) is 0. The van der Waals surface area contributed by atoms with E-state index in [2.05, 4.69) is 4.74 Å². The highest BCUT2D eigenvalue weighted by Gasteiger charge is 2.10. The third kappa shape index (κ3) is 1.72. The van der Waals surface area contributed by atoms with Crippen molar-refractivity contribution in [2.75, 3.05) is 0 Å². The maximum atomic E-state index is 12.8. The van der Waals surface area contributed by atoms with Gasteiger partial charge in [-0.25, -0.2) is 4.39 Å². The van der Waals surface area contributed by atoms with Crippen molar-refractivity contribution in [3.63, 3.8) is 0 Å². The predicted molar refractivity (Wildman–Crippen MR) is 39.4 cm³/mol. The number of aromatic hydroxyl groups is 1. The van der Waals surface area contributed by atoms with Crippen molar-refractivity contribution >= 4 is 5.97 Å². The molecule has 12 heavy (non-hydrogen) atoms. The van der Waals surface area contributed by atoms with Gasteiger partial charge in [0.1, 0.15) is 0 Å². The maximum Gasteiger partial charge on any atom is 0.308 e. The minimum absolute atomic E-state index is 0.384. The molecule has 64 valence electrons. The van der Waals surface area contributed by atoms with Gasteiger partial charge in [-0.05, 0) is 12.1 Å². The molecule has 3 nitrogen and oxygen atoms in total. The van der Waals surface area contributed by atoms with Crippen molar-refractivity contribution in [3.8, 4) is 11.5 Å². The van der Waals surface area contributed by atoms with Gasteiger partial charge in [0.05, 0.1) is 0 Å². The average Bonchev–Trinajstić information content (AvgIpc) is 1.97. The summed E-state index contributed by atoms with van der Waals surface area (Å²) in [5.41, 5.74) is 0. The van der Waals surface area contributed by atoms with Gasteiger partial charge in [0.25, 0.3) is 0 Å². The molecule has 0 aliphatic carbocycles. The van der Waals surface area contributed by atoms with E-state index in [1.807, 2.05) is 0 Å². The molecule has 0 unspecified atom stereocenters. The van der Waals surface area contributed by atoms with Gasteiger partial charge in [-0.2, -0.15) is 0 Å². The Morgan fingerprint density at radius 3 is 2.75 bits per heavy atom. The highest BCUT2D eigenvalue weighted by atomic mass is 19.1. The van der Waals surface area contributed by atoms with Crippen LogP contribution in [0.5, 0.6) is 11.5 Å². The molecule has 1 aromatic carbocycles. The summed E-state index contributed by atoms with van der Waals surface area (Å²) in [6.45, 7) is 1.13. The van der Waals surface area contributed by atoms with E-state index in [4.69, 9.17) is 5.11 Å². The summed E-state index contributed by atoms with van der Waals surface area (Å²) in [7, 11) is 0. The quantitative estimate of drug-likeness (QED) is 0.512. The number of carbonyl (C=O) groups is 1. The van der Waals surface area contributed by atoms with E-state index in [-0.39, 0.29) is 5.75 Å². The fourth-order valence-electron chi connectivity index (χ4n) is 0.742. The van der Waals surface area contributed by atoms with E-state index >= 15 is 0 Å². The van der Waals surface area contributed by atoms with Crippen LogP contribution in [-0.4, -0.2) is 11.1 Å². The first kappa shape index (κ1) is 8.52. The number of benzene rings is 1. The Kier molecular flexibility index (Phi) is 2.28. The maximum absolute atomic E-state index is 12.8. The number of hydrogen-bond donors (Lipinski definition) is 1. The molecule has 0 heterocycles. The lowest BCUT2D eigenvalue weighted by Crippen LogP contribution is -2.03. The van der Waals surface area contributed by atoms with Gasteiger partial charge in [0.2, 0.25) is 5.75 Å². The third-order valence-corrected chi connectivity index (χ3v) is 1.19. The number of hydrogen-bond acceptors (Lipinski definition) is 3. The average molecular weight is 170 g/mol. The molecular formula is C8H7FO3. The predicted octanol–water partition coefficient (Wildman–Crippen LogP) is 1.46. The van der Waals surface area contributed by atoms with Crippen LogP contribution in [0.2, 0.25) is 0 Å². The van der Waals surface area contributed by atoms with Crippen molar-refractivity contribution < 1.29 is 19.0 Å². The zero-order chi connectivity index (χ0) is 9.14. The SMILES string of the molecule is CC(=O)Oc1c(O)cccc1F. The van der Waals surface area contributed by atoms with E-state index in [9.17, 15) is 9.18 Å². The number of rotatable bonds is 1. The largest absolute Gasteiger partial charge is 0.504 e. The van der Waals surface area contributed by atoms with Crippen molar-refractivity contribution in [1.82, 2.24) is 0 Å². The standard InChI is InChI=1S/C8H7FO3/c1-5(10)12-8-6(9)3-2-4-7(8)11/h2-4,11H,1H3. The molecule has 0 spiro atoms. The second kappa shape index (κ2) is 3.21. The van der Waals surface area contributed by atoms with Gasteiger partial charge in [0, 0.05) is 6.92 Å². The zero-order valence-electron chi connectivity index (χ0n) is 6.37. The molecule has 0 amide bonds. The van der Waals surface area contributed by atoms with Crippen molar-refractivity contribution in [2.24, 2.45) is 0 Å². The van der Waals surface area contributed by atoms with Crippen LogP contribution in [0.25, 0.3) is 0 Å². The highest BCUT2D eigenvalue weighted by molar-refractivity contribution is 5.70. The molecule has 0 aromatic heterocycles. The van der Waals surface area contributed by atoms with Crippen LogP contribution in [0.15, 0.2) is 18.2 Å². The Hall–Kier alpha value is -1.58. The molecule has 0 aliphatic rings. The minimum Gasteiger partial charge on any atom is -0.504 e. The molecule has 0 saturated carbocycles. The molecule has 0 saturated heterocycles. The Balaban J connectivity index is 3.04. The molecule has 4 heteroatoms. The number of carbonyl (C=O) groups excluding carboxylic acids is 1. The first-order valence-corrected chi connectivity index (χ1v) is 3.27. The summed E-state index contributed by atoms with van der Waals surface area (Å²) < 4.78 is 17.2. The summed E-state index contributed by atoms with van der Waals surface area (Å²) in [6, 6.07) is 3.65. The number of phenolic OH excluding ortho intramolecular Hbond substituents is 1. The van der Waals surface area contributed by atoms with Crippen molar-refractivity contribution in [3.05, 3.63) is 24.0 Å². The van der Waals surface area contributed by atoms with Gasteiger partial charge < -0.3 is 9.84 Å². The first-order chi connectivity index (χ1) is 5.61. The second-order valence-corrected chi connectivity index (χ2v) is 2.18. The topological polar surface area (TPSA) is 46.5 Å². The normalized spacial score (nSPS) is 9.50. The van der Waals surface area contributed by atoms with Crippen LogP contribution in [0.4, 0.5) is 4.39 Å². The fourth-order valence-corrected chi connectivity index (χ4v) is 0.742. The third-order valence-electron chi connectivity index (χ3n) is 1.19.